The van der Waals surface area contributed by atoms with Gasteiger partial charge in [0.25, 0.3) is 0 Å². The zero-order valence-electron chi connectivity index (χ0n) is 7.99. The molecule has 0 aromatic carbocycles. The molecule has 0 saturated heterocycles. The molecule has 0 N–H and O–H groups in total. The van der Waals surface area contributed by atoms with E-state index in [1.54, 1.807) is 36.4 Å². The van der Waals surface area contributed by atoms with E-state index in [9.17, 15) is 0 Å². The summed E-state index contributed by atoms with van der Waals surface area (Å²) in [7, 11) is 0. The summed E-state index contributed by atoms with van der Waals surface area (Å²) in [5.74, 6) is -5.17. The number of hydrogen-bond donors (Lipinski definition) is 0. The van der Waals surface area contributed by atoms with Crippen LogP contribution in [0.5, 0.6) is 0 Å². The molecule has 74 valence electrons. The normalized spacial score (nSPS) is 8.62. The van der Waals surface area contributed by atoms with Crippen molar-refractivity contribution >= 4 is 0 Å². The quantitative estimate of drug-likeness (QED) is 0.663. The Hall–Kier alpha value is -3.06. The Morgan fingerprint density at radius 3 is 0.750 bits per heavy atom. The van der Waals surface area contributed by atoms with E-state index in [4.69, 9.17) is 31.6 Å². The average Bonchev–Trinajstić information content (AvgIpc) is 2.33. The van der Waals surface area contributed by atoms with Gasteiger partial charge < -0.3 is 0 Å². The topological polar surface area (TPSA) is 143 Å². The van der Waals surface area contributed by atoms with Gasteiger partial charge in [0.05, 0.1) is 36.4 Å². The third-order valence-corrected chi connectivity index (χ3v) is 1.99. The Balaban J connectivity index is 5.46. The van der Waals surface area contributed by atoms with Crippen LogP contribution >= 0.6 is 0 Å². The molecule has 6 nitrogen and oxygen atoms in total. The van der Waals surface area contributed by atoms with E-state index in [2.05, 4.69) is 0 Å². The predicted molar refractivity (Wildman–Crippen MR) is 47.6 cm³/mol. The maximum absolute atomic E-state index is 8.67. The molecule has 0 fully saturated rings. The van der Waals surface area contributed by atoms with Gasteiger partial charge in [-0.2, -0.15) is 31.6 Å². The molecule has 6 heteroatoms. The molecule has 0 bridgehead atoms. The summed E-state index contributed by atoms with van der Waals surface area (Å²) >= 11 is 0. The predicted octanol–water partition coefficient (Wildman–Crippen LogP) is 0.593. The van der Waals surface area contributed by atoms with Gasteiger partial charge in [-0.15, -0.1) is 0 Å². The molecule has 0 amide bonds. The van der Waals surface area contributed by atoms with E-state index in [0.717, 1.165) is 0 Å². The van der Waals surface area contributed by atoms with E-state index < -0.39 is 23.7 Å². The van der Waals surface area contributed by atoms with Gasteiger partial charge in [-0.25, -0.2) is 0 Å². The van der Waals surface area contributed by atoms with Crippen LogP contribution in [0, 0.1) is 91.7 Å². The summed E-state index contributed by atoms with van der Waals surface area (Å²) < 4.78 is 0. The van der Waals surface area contributed by atoms with Gasteiger partial charge in [0.15, 0.2) is 0 Å². The monoisotopic (exact) mass is 208 g/mol. The summed E-state index contributed by atoms with van der Waals surface area (Å²) in [6, 6.07) is 9.51. The van der Waals surface area contributed by atoms with Gasteiger partial charge in [-0.1, -0.05) is 0 Å². The van der Waals surface area contributed by atoms with Crippen LogP contribution in [0.2, 0.25) is 0 Å². The van der Waals surface area contributed by atoms with E-state index in [0.29, 0.717) is 0 Å². The van der Waals surface area contributed by atoms with Crippen molar-refractivity contribution in [1.82, 2.24) is 0 Å². The van der Waals surface area contributed by atoms with Crippen molar-refractivity contribution < 1.29 is 0 Å². The molecule has 0 aliphatic heterocycles. The van der Waals surface area contributed by atoms with Crippen molar-refractivity contribution in [2.45, 2.75) is 0 Å². The van der Waals surface area contributed by atoms with Gasteiger partial charge in [0, 0.05) is 5.92 Å². The molecule has 16 heavy (non-hydrogen) atoms. The first-order valence-corrected chi connectivity index (χ1v) is 4.07. The van der Waals surface area contributed by atoms with Crippen LogP contribution < -0.4 is 0 Å². The largest absolute Gasteiger partial charge is 0.197 e. The van der Waals surface area contributed by atoms with E-state index in [1.807, 2.05) is 0 Å². The van der Waals surface area contributed by atoms with Crippen LogP contribution in [0.3, 0.4) is 0 Å². The van der Waals surface area contributed by atoms with E-state index in [1.165, 1.54) is 0 Å². The number of nitrogens with zero attached hydrogens (tertiary/aromatic N) is 6. The second-order valence-corrected chi connectivity index (χ2v) is 2.78. The number of rotatable bonds is 3. The number of nitriles is 6. The second-order valence-electron chi connectivity index (χ2n) is 2.78. The van der Waals surface area contributed by atoms with Gasteiger partial charge in [-0.3, -0.25) is 0 Å². The third kappa shape index (κ3) is 2.47. The fraction of sp³-hybridized carbons (Fsp3) is 0.400. The Labute approximate surface area is 92.4 Å². The van der Waals surface area contributed by atoms with Gasteiger partial charge >= 0.3 is 0 Å². The Kier molecular flexibility index (Phi) is 5.18. The van der Waals surface area contributed by atoms with Crippen LogP contribution in [0.15, 0.2) is 0 Å². The molecule has 0 aliphatic carbocycles. The average molecular weight is 208 g/mol. The maximum Gasteiger partial charge on any atom is 0.140 e. The van der Waals surface area contributed by atoms with Crippen LogP contribution in [0.4, 0.5) is 0 Å². The minimum Gasteiger partial charge on any atom is -0.197 e. The molecule has 0 unspecified atom stereocenters. The van der Waals surface area contributed by atoms with Gasteiger partial charge in [0.2, 0.25) is 0 Å². The first-order valence-electron chi connectivity index (χ1n) is 4.07. The maximum atomic E-state index is 8.67. The molecule has 0 aromatic rings. The van der Waals surface area contributed by atoms with Crippen molar-refractivity contribution in [3.05, 3.63) is 0 Å². The third-order valence-electron chi connectivity index (χ3n) is 1.99. The molecule has 0 radical (unpaired) electrons. The highest BCUT2D eigenvalue weighted by Crippen LogP contribution is 2.27. The van der Waals surface area contributed by atoms with Crippen LogP contribution in [-0.2, 0) is 0 Å². The summed E-state index contributed by atoms with van der Waals surface area (Å²) in [6.45, 7) is 0. The van der Waals surface area contributed by atoms with Crippen LogP contribution in [0.1, 0.15) is 0 Å². The summed E-state index contributed by atoms with van der Waals surface area (Å²) in [5.41, 5.74) is 0. The van der Waals surface area contributed by atoms with Crippen molar-refractivity contribution in [3.63, 3.8) is 0 Å². The molecule has 0 aromatic heterocycles. The zero-order valence-corrected chi connectivity index (χ0v) is 7.99. The molecule has 0 aliphatic rings. The Morgan fingerprint density at radius 1 is 0.438 bits per heavy atom. The molecule has 0 rings (SSSR count). The van der Waals surface area contributed by atoms with Crippen molar-refractivity contribution in [1.29, 1.82) is 31.6 Å². The van der Waals surface area contributed by atoms with Crippen molar-refractivity contribution in [2.24, 2.45) is 23.7 Å². The highest BCUT2D eigenvalue weighted by molar-refractivity contribution is 5.19. The molecule has 0 atom stereocenters. The highest BCUT2D eigenvalue weighted by Gasteiger charge is 2.37. The fourth-order valence-electron chi connectivity index (χ4n) is 1.18. The van der Waals surface area contributed by atoms with Crippen molar-refractivity contribution in [3.8, 4) is 36.4 Å². The standard InChI is InChI=1S/C10H4N6/c11-1-7(2-12)10(8(3-13)4-14)9(5-15)6-16/h7-10H. The molecular weight excluding hydrogens is 204 g/mol. The summed E-state index contributed by atoms with van der Waals surface area (Å²) in [5, 5.41) is 52.0. The van der Waals surface area contributed by atoms with E-state index >= 15 is 0 Å². The number of hydrogen-bond acceptors (Lipinski definition) is 6. The lowest BCUT2D eigenvalue weighted by atomic mass is 9.76. The van der Waals surface area contributed by atoms with Gasteiger partial charge in [-0.05, 0) is 0 Å². The first-order chi connectivity index (χ1) is 7.69. The first kappa shape index (κ1) is 12.9. The molecule has 0 heterocycles. The zero-order chi connectivity index (χ0) is 12.6. The van der Waals surface area contributed by atoms with Crippen LogP contribution in [0.25, 0.3) is 0 Å². The summed E-state index contributed by atoms with van der Waals surface area (Å²) in [4.78, 5) is 0. The summed E-state index contributed by atoms with van der Waals surface area (Å²) in [6.07, 6.45) is 0. The second kappa shape index (κ2) is 6.40. The SMILES string of the molecule is N#CC(C#N)C(C(C#N)C#N)C(C#N)C#N. The lowest BCUT2D eigenvalue weighted by Crippen LogP contribution is -2.26. The Bertz CT molecular complexity index is 376. The minimum atomic E-state index is -1.33. The van der Waals surface area contributed by atoms with E-state index in [-0.39, 0.29) is 0 Å². The minimum absolute atomic E-state index is 1.19. The lowest BCUT2D eigenvalue weighted by molar-refractivity contribution is 0.370. The van der Waals surface area contributed by atoms with Crippen molar-refractivity contribution in [2.75, 3.05) is 0 Å². The van der Waals surface area contributed by atoms with Crippen LogP contribution in [-0.4, -0.2) is 0 Å². The molecule has 0 spiro atoms. The highest BCUT2D eigenvalue weighted by atomic mass is 14.5. The Morgan fingerprint density at radius 2 is 0.625 bits per heavy atom. The smallest absolute Gasteiger partial charge is 0.140 e. The van der Waals surface area contributed by atoms with Gasteiger partial charge in [0.1, 0.15) is 17.8 Å². The molecular formula is C10H4N6. The lowest BCUT2D eigenvalue weighted by Gasteiger charge is -2.17. The fourth-order valence-corrected chi connectivity index (χ4v) is 1.18. The molecule has 0 saturated carbocycles.